The van der Waals surface area contributed by atoms with Gasteiger partial charge in [0.25, 0.3) is 0 Å². The summed E-state index contributed by atoms with van der Waals surface area (Å²) in [6.45, 7) is 0.200. The standard InChI is InChI=1S/C21H18F2N4O3S/c22-16-3-6-18(19(23)11-16)20(13-25)26-21(28)15-7-9-27(10-8-15)31(29,30)17-4-1-14(12-24)2-5-17/h1-6,11,15,20H,7-10H2,(H,26,28). The molecule has 1 heterocycles. The summed E-state index contributed by atoms with van der Waals surface area (Å²) in [4.78, 5) is 12.6. The lowest BCUT2D eigenvalue weighted by atomic mass is 9.96. The summed E-state index contributed by atoms with van der Waals surface area (Å²) in [5, 5.41) is 20.6. The van der Waals surface area contributed by atoms with Gasteiger partial charge in [-0.15, -0.1) is 0 Å². The van der Waals surface area contributed by atoms with Gasteiger partial charge < -0.3 is 5.32 Å². The molecule has 0 aliphatic carbocycles. The summed E-state index contributed by atoms with van der Waals surface area (Å²) in [5.74, 6) is -2.77. The third kappa shape index (κ3) is 4.88. The largest absolute Gasteiger partial charge is 0.336 e. The van der Waals surface area contributed by atoms with Crippen molar-refractivity contribution in [3.8, 4) is 12.1 Å². The second-order valence-electron chi connectivity index (χ2n) is 7.05. The number of sulfonamides is 1. The van der Waals surface area contributed by atoms with Gasteiger partial charge in [0.1, 0.15) is 17.7 Å². The number of benzene rings is 2. The SMILES string of the molecule is N#Cc1ccc(S(=O)(=O)N2CCC(C(=O)NC(C#N)c3ccc(F)cc3F)CC2)cc1. The molecule has 3 rings (SSSR count). The number of amides is 1. The molecule has 10 heteroatoms. The van der Waals surface area contributed by atoms with Gasteiger partial charge in [0.2, 0.25) is 15.9 Å². The molecule has 0 bridgehead atoms. The Hall–Kier alpha value is -3.34. The fraction of sp³-hybridized carbons (Fsp3) is 0.286. The molecule has 2 aromatic rings. The number of nitrogens with one attached hydrogen (secondary N) is 1. The van der Waals surface area contributed by atoms with Crippen LogP contribution >= 0.6 is 0 Å². The van der Waals surface area contributed by atoms with E-state index in [0.29, 0.717) is 11.6 Å². The number of hydrogen-bond acceptors (Lipinski definition) is 5. The molecule has 0 aromatic heterocycles. The molecule has 1 fully saturated rings. The molecule has 1 aliphatic rings. The summed E-state index contributed by atoms with van der Waals surface area (Å²) >= 11 is 0. The molecule has 1 N–H and O–H groups in total. The molecule has 2 aromatic carbocycles. The van der Waals surface area contributed by atoms with Gasteiger partial charge in [-0.1, -0.05) is 6.07 Å². The van der Waals surface area contributed by atoms with Crippen LogP contribution in [0.1, 0.15) is 30.0 Å². The van der Waals surface area contributed by atoms with Crippen molar-refractivity contribution < 1.29 is 22.0 Å². The van der Waals surface area contributed by atoms with Crippen molar-refractivity contribution in [1.82, 2.24) is 9.62 Å². The highest BCUT2D eigenvalue weighted by atomic mass is 32.2. The van der Waals surface area contributed by atoms with Crippen LogP contribution in [0.2, 0.25) is 0 Å². The molecule has 1 amide bonds. The van der Waals surface area contributed by atoms with Crippen molar-refractivity contribution in [2.24, 2.45) is 5.92 Å². The Morgan fingerprint density at radius 3 is 2.29 bits per heavy atom. The van der Waals surface area contributed by atoms with Gasteiger partial charge >= 0.3 is 0 Å². The average Bonchev–Trinajstić information content (AvgIpc) is 2.78. The third-order valence-corrected chi connectivity index (χ3v) is 7.05. The molecule has 160 valence electrons. The van der Waals surface area contributed by atoms with E-state index < -0.39 is 39.5 Å². The van der Waals surface area contributed by atoms with Crippen molar-refractivity contribution in [2.75, 3.05) is 13.1 Å². The van der Waals surface area contributed by atoms with E-state index in [4.69, 9.17) is 5.26 Å². The van der Waals surface area contributed by atoms with E-state index >= 15 is 0 Å². The van der Waals surface area contributed by atoms with E-state index in [1.54, 1.807) is 6.07 Å². The van der Waals surface area contributed by atoms with Crippen LogP contribution in [0, 0.1) is 40.2 Å². The second kappa shape index (κ2) is 9.21. The molecule has 1 atom stereocenters. The minimum absolute atomic E-state index is 0.0609. The number of nitrogens with zero attached hydrogens (tertiary/aromatic N) is 3. The maximum absolute atomic E-state index is 13.9. The number of piperidine rings is 1. The van der Waals surface area contributed by atoms with E-state index in [1.807, 2.05) is 6.07 Å². The molecule has 31 heavy (non-hydrogen) atoms. The Morgan fingerprint density at radius 1 is 1.10 bits per heavy atom. The molecule has 7 nitrogen and oxygen atoms in total. The number of hydrogen-bond donors (Lipinski definition) is 1. The second-order valence-corrected chi connectivity index (χ2v) is 8.99. The minimum atomic E-state index is -3.76. The smallest absolute Gasteiger partial charge is 0.243 e. The number of carbonyl (C=O) groups is 1. The zero-order chi connectivity index (χ0) is 22.6. The van der Waals surface area contributed by atoms with E-state index in [9.17, 15) is 27.3 Å². The van der Waals surface area contributed by atoms with Gasteiger partial charge in [-0.05, 0) is 43.2 Å². The predicted molar refractivity (Wildman–Crippen MR) is 105 cm³/mol. The number of nitriles is 2. The van der Waals surface area contributed by atoms with E-state index in [-0.39, 0.29) is 36.4 Å². The maximum atomic E-state index is 13.9. The molecule has 1 aliphatic heterocycles. The lowest BCUT2D eigenvalue weighted by molar-refractivity contribution is -0.126. The van der Waals surface area contributed by atoms with Crippen LogP contribution < -0.4 is 5.32 Å². The van der Waals surface area contributed by atoms with Crippen LogP contribution in [-0.2, 0) is 14.8 Å². The van der Waals surface area contributed by atoms with Crippen molar-refractivity contribution in [1.29, 1.82) is 10.5 Å². The monoisotopic (exact) mass is 444 g/mol. The predicted octanol–water partition coefficient (Wildman–Crippen LogP) is 2.62. The molecule has 0 radical (unpaired) electrons. The van der Waals surface area contributed by atoms with Crippen molar-refractivity contribution in [3.05, 3.63) is 65.2 Å². The van der Waals surface area contributed by atoms with Crippen molar-refractivity contribution in [3.63, 3.8) is 0 Å². The maximum Gasteiger partial charge on any atom is 0.243 e. The van der Waals surface area contributed by atoms with E-state index in [0.717, 1.165) is 12.1 Å². The molecule has 1 saturated heterocycles. The fourth-order valence-electron chi connectivity index (χ4n) is 3.38. The molecule has 0 spiro atoms. The topological polar surface area (TPSA) is 114 Å². The normalized spacial score (nSPS) is 16.1. The van der Waals surface area contributed by atoms with E-state index in [2.05, 4.69) is 5.32 Å². The van der Waals surface area contributed by atoms with Crippen molar-refractivity contribution >= 4 is 15.9 Å². The van der Waals surface area contributed by atoms with Gasteiger partial charge in [0.05, 0.1) is 22.6 Å². The van der Waals surface area contributed by atoms with Crippen LogP contribution in [0.3, 0.4) is 0 Å². The first-order valence-electron chi connectivity index (χ1n) is 9.41. The Bertz CT molecular complexity index is 1160. The van der Waals surface area contributed by atoms with Crippen LogP contribution in [-0.4, -0.2) is 31.7 Å². The quantitative estimate of drug-likeness (QED) is 0.762. The highest BCUT2D eigenvalue weighted by Gasteiger charge is 2.33. The first-order valence-corrected chi connectivity index (χ1v) is 10.9. The van der Waals surface area contributed by atoms with Crippen LogP contribution in [0.25, 0.3) is 0 Å². The molecule has 1 unspecified atom stereocenters. The van der Waals surface area contributed by atoms with Gasteiger partial charge in [-0.3, -0.25) is 4.79 Å². The van der Waals surface area contributed by atoms with Gasteiger partial charge in [-0.2, -0.15) is 14.8 Å². The lowest BCUT2D eigenvalue weighted by Gasteiger charge is -2.31. The van der Waals surface area contributed by atoms with Gasteiger partial charge in [-0.25, -0.2) is 17.2 Å². The number of rotatable bonds is 5. The van der Waals surface area contributed by atoms with E-state index in [1.165, 1.54) is 28.6 Å². The first kappa shape index (κ1) is 22.3. The Morgan fingerprint density at radius 2 is 1.74 bits per heavy atom. The summed E-state index contributed by atoms with van der Waals surface area (Å²) in [6, 6.07) is 10.7. The van der Waals surface area contributed by atoms with Gasteiger partial charge in [0, 0.05) is 30.6 Å². The zero-order valence-electron chi connectivity index (χ0n) is 16.3. The third-order valence-electron chi connectivity index (χ3n) is 5.14. The highest BCUT2D eigenvalue weighted by Crippen LogP contribution is 2.25. The number of halogens is 2. The Balaban J connectivity index is 1.63. The lowest BCUT2D eigenvalue weighted by Crippen LogP contribution is -2.43. The molecular formula is C21H18F2N4O3S. The molecule has 0 saturated carbocycles. The fourth-order valence-corrected chi connectivity index (χ4v) is 4.85. The van der Waals surface area contributed by atoms with Crippen LogP contribution in [0.4, 0.5) is 8.78 Å². The summed E-state index contributed by atoms with van der Waals surface area (Å²) in [6.07, 6.45) is 0.455. The number of carbonyl (C=O) groups excluding carboxylic acids is 1. The minimum Gasteiger partial charge on any atom is -0.336 e. The van der Waals surface area contributed by atoms with Crippen LogP contribution in [0.15, 0.2) is 47.4 Å². The summed E-state index contributed by atoms with van der Waals surface area (Å²) < 4.78 is 53.8. The van der Waals surface area contributed by atoms with Crippen LogP contribution in [0.5, 0.6) is 0 Å². The first-order chi connectivity index (χ1) is 14.8. The average molecular weight is 444 g/mol. The Kier molecular flexibility index (Phi) is 6.64. The zero-order valence-corrected chi connectivity index (χ0v) is 17.1. The van der Waals surface area contributed by atoms with Gasteiger partial charge in [0.15, 0.2) is 0 Å². The summed E-state index contributed by atoms with van der Waals surface area (Å²) in [5.41, 5.74) is 0.206. The highest BCUT2D eigenvalue weighted by molar-refractivity contribution is 7.89. The van der Waals surface area contributed by atoms with Crippen molar-refractivity contribution in [2.45, 2.75) is 23.8 Å². The molecular weight excluding hydrogens is 426 g/mol. The Labute approximate surface area is 178 Å². The summed E-state index contributed by atoms with van der Waals surface area (Å²) in [7, 11) is -3.76.